The lowest BCUT2D eigenvalue weighted by molar-refractivity contribution is -0.140. The third-order valence-electron chi connectivity index (χ3n) is 7.30. The Hall–Kier alpha value is -4.61. The minimum Gasteiger partial charge on any atom is -0.493 e. The van der Waals surface area contributed by atoms with Gasteiger partial charge in [-0.05, 0) is 73.5 Å². The molecule has 0 radical (unpaired) electrons. The van der Waals surface area contributed by atoms with Crippen LogP contribution in [0.1, 0.15) is 25.0 Å². The van der Waals surface area contributed by atoms with Gasteiger partial charge in [0.25, 0.3) is 10.0 Å². The van der Waals surface area contributed by atoms with Crippen molar-refractivity contribution in [2.75, 3.05) is 25.1 Å². The van der Waals surface area contributed by atoms with Gasteiger partial charge in [0.1, 0.15) is 18.4 Å². The average molecular weight is 682 g/mol. The average Bonchev–Trinajstić information content (AvgIpc) is 3.06. The van der Waals surface area contributed by atoms with Crippen LogP contribution >= 0.6 is 11.6 Å². The Morgan fingerprint density at radius 3 is 2.09 bits per heavy atom. The second-order valence-electron chi connectivity index (χ2n) is 11.0. The van der Waals surface area contributed by atoms with E-state index in [0.717, 1.165) is 22.0 Å². The number of ether oxygens (including phenoxy) is 2. The second kappa shape index (κ2) is 15.8. The number of hydrogen-bond donors (Lipinski definition) is 1. The number of benzene rings is 4. The van der Waals surface area contributed by atoms with E-state index >= 15 is 0 Å². The van der Waals surface area contributed by atoms with E-state index in [-0.39, 0.29) is 35.3 Å². The third kappa shape index (κ3) is 9.02. The minimum absolute atomic E-state index is 0.0211. The van der Waals surface area contributed by atoms with Gasteiger partial charge in [0, 0.05) is 30.1 Å². The van der Waals surface area contributed by atoms with Crippen molar-refractivity contribution in [2.24, 2.45) is 0 Å². The highest BCUT2D eigenvalue weighted by Crippen LogP contribution is 2.32. The first-order chi connectivity index (χ1) is 22.4. The standard InChI is InChI=1S/C35H37ClFN3O6S/c1-24(2)38-35(42)31(20-25-8-6-5-7-9-25)39(22-26-10-12-27(36)13-11-26)34(41)23-40(29-16-14-28(37)15-17-29)47(43,44)30-18-19-32(45-3)33(21-30)46-4/h5-19,21,24,31H,20,22-23H2,1-4H3,(H,38,42)/t31-/m0/s1. The number of anilines is 1. The number of nitrogens with one attached hydrogen (secondary N) is 1. The topological polar surface area (TPSA) is 105 Å². The maximum absolute atomic E-state index is 14.5. The Morgan fingerprint density at radius 2 is 1.49 bits per heavy atom. The number of halogens is 2. The molecule has 0 aliphatic rings. The van der Waals surface area contributed by atoms with E-state index in [1.54, 1.807) is 24.3 Å². The summed E-state index contributed by atoms with van der Waals surface area (Å²) in [7, 11) is -1.65. The molecule has 1 atom stereocenters. The summed E-state index contributed by atoms with van der Waals surface area (Å²) in [5.41, 5.74) is 1.53. The van der Waals surface area contributed by atoms with Crippen LogP contribution in [-0.4, -0.2) is 58.0 Å². The van der Waals surface area contributed by atoms with E-state index in [0.29, 0.717) is 16.3 Å². The fourth-order valence-corrected chi connectivity index (χ4v) is 6.52. The first-order valence-corrected chi connectivity index (χ1v) is 16.6. The summed E-state index contributed by atoms with van der Waals surface area (Å²) >= 11 is 6.12. The molecule has 4 aromatic rings. The number of carbonyl (C=O) groups is 2. The third-order valence-corrected chi connectivity index (χ3v) is 9.33. The molecule has 1 N–H and O–H groups in total. The molecule has 0 saturated carbocycles. The lowest BCUT2D eigenvalue weighted by atomic mass is 10.0. The van der Waals surface area contributed by atoms with Crippen LogP contribution in [0, 0.1) is 5.82 Å². The Balaban J connectivity index is 1.82. The zero-order valence-corrected chi connectivity index (χ0v) is 28.1. The fourth-order valence-electron chi connectivity index (χ4n) is 4.96. The first kappa shape index (κ1) is 35.2. The Morgan fingerprint density at radius 1 is 0.851 bits per heavy atom. The summed E-state index contributed by atoms with van der Waals surface area (Å²) in [6.07, 6.45) is 0.164. The van der Waals surface area contributed by atoms with Gasteiger partial charge < -0.3 is 19.7 Å². The van der Waals surface area contributed by atoms with Crippen molar-refractivity contribution in [1.29, 1.82) is 0 Å². The zero-order valence-electron chi connectivity index (χ0n) is 26.5. The van der Waals surface area contributed by atoms with E-state index in [4.69, 9.17) is 21.1 Å². The van der Waals surface area contributed by atoms with Crippen LogP contribution in [0.4, 0.5) is 10.1 Å². The van der Waals surface area contributed by atoms with Crippen LogP contribution in [0.3, 0.4) is 0 Å². The molecule has 9 nitrogen and oxygen atoms in total. The van der Waals surface area contributed by atoms with Crippen LogP contribution in [0.15, 0.2) is 102 Å². The Kier molecular flexibility index (Phi) is 11.8. The van der Waals surface area contributed by atoms with Crippen molar-refractivity contribution < 1.29 is 31.9 Å². The monoisotopic (exact) mass is 681 g/mol. The van der Waals surface area contributed by atoms with Gasteiger partial charge in [-0.3, -0.25) is 13.9 Å². The highest BCUT2D eigenvalue weighted by molar-refractivity contribution is 7.92. The maximum Gasteiger partial charge on any atom is 0.264 e. The van der Waals surface area contributed by atoms with Gasteiger partial charge in [0.2, 0.25) is 11.8 Å². The molecule has 47 heavy (non-hydrogen) atoms. The van der Waals surface area contributed by atoms with E-state index in [1.165, 1.54) is 49.5 Å². The number of sulfonamides is 1. The zero-order chi connectivity index (χ0) is 34.1. The number of rotatable bonds is 14. The van der Waals surface area contributed by atoms with Crippen molar-refractivity contribution in [1.82, 2.24) is 10.2 Å². The van der Waals surface area contributed by atoms with Gasteiger partial charge >= 0.3 is 0 Å². The maximum atomic E-state index is 14.5. The lowest BCUT2D eigenvalue weighted by Crippen LogP contribution is -2.54. The summed E-state index contributed by atoms with van der Waals surface area (Å²) in [6, 6.07) is 23.6. The van der Waals surface area contributed by atoms with Gasteiger partial charge in [-0.1, -0.05) is 54.1 Å². The summed E-state index contributed by atoms with van der Waals surface area (Å²) in [5, 5.41) is 3.40. The van der Waals surface area contributed by atoms with Crippen molar-refractivity contribution in [2.45, 2.75) is 43.8 Å². The summed E-state index contributed by atoms with van der Waals surface area (Å²) in [5.74, 6) is -1.17. The predicted octanol–water partition coefficient (Wildman–Crippen LogP) is 5.86. The van der Waals surface area contributed by atoms with Crippen LogP contribution in [0.5, 0.6) is 11.5 Å². The number of carbonyl (C=O) groups excluding carboxylic acids is 2. The second-order valence-corrected chi connectivity index (χ2v) is 13.3. The van der Waals surface area contributed by atoms with E-state index in [1.807, 2.05) is 44.2 Å². The van der Waals surface area contributed by atoms with Gasteiger partial charge in [0.15, 0.2) is 11.5 Å². The van der Waals surface area contributed by atoms with E-state index in [2.05, 4.69) is 5.32 Å². The molecule has 4 aromatic carbocycles. The van der Waals surface area contributed by atoms with E-state index in [9.17, 15) is 22.4 Å². The van der Waals surface area contributed by atoms with Gasteiger partial charge in [-0.2, -0.15) is 0 Å². The number of hydrogen-bond acceptors (Lipinski definition) is 6. The molecule has 4 rings (SSSR count). The quantitative estimate of drug-likeness (QED) is 0.179. The highest BCUT2D eigenvalue weighted by atomic mass is 35.5. The molecule has 0 aromatic heterocycles. The Labute approximate surface area is 279 Å². The van der Waals surface area contributed by atoms with Crippen LogP contribution in [0.25, 0.3) is 0 Å². The molecule has 0 unspecified atom stereocenters. The molecule has 2 amide bonds. The molecular weight excluding hydrogens is 645 g/mol. The predicted molar refractivity (Wildman–Crippen MR) is 180 cm³/mol. The molecule has 0 spiro atoms. The molecule has 0 saturated heterocycles. The van der Waals surface area contributed by atoms with Crippen LogP contribution in [-0.2, 0) is 32.6 Å². The van der Waals surface area contributed by atoms with Crippen molar-refractivity contribution in [3.8, 4) is 11.5 Å². The highest BCUT2D eigenvalue weighted by Gasteiger charge is 2.35. The number of amides is 2. The smallest absolute Gasteiger partial charge is 0.264 e. The van der Waals surface area contributed by atoms with Crippen molar-refractivity contribution >= 4 is 39.1 Å². The minimum atomic E-state index is -4.45. The fraction of sp³-hybridized carbons (Fsp3) is 0.257. The molecule has 0 bridgehead atoms. The molecule has 248 valence electrons. The lowest BCUT2D eigenvalue weighted by Gasteiger charge is -2.34. The molecule has 0 heterocycles. The summed E-state index contributed by atoms with van der Waals surface area (Å²) in [4.78, 5) is 29.4. The van der Waals surface area contributed by atoms with Gasteiger partial charge in [-0.15, -0.1) is 0 Å². The number of methoxy groups -OCH3 is 2. The van der Waals surface area contributed by atoms with E-state index < -0.39 is 40.2 Å². The summed E-state index contributed by atoms with van der Waals surface area (Å²) < 4.78 is 54.0. The van der Waals surface area contributed by atoms with Crippen molar-refractivity contribution in [3.05, 3.63) is 119 Å². The van der Waals surface area contributed by atoms with Crippen molar-refractivity contribution in [3.63, 3.8) is 0 Å². The normalized spacial score (nSPS) is 11.9. The summed E-state index contributed by atoms with van der Waals surface area (Å²) in [6.45, 7) is 2.91. The largest absolute Gasteiger partial charge is 0.493 e. The Bertz CT molecular complexity index is 1770. The van der Waals surface area contributed by atoms with Gasteiger partial charge in [-0.25, -0.2) is 12.8 Å². The molecule has 12 heteroatoms. The molecule has 0 aliphatic carbocycles. The first-order valence-electron chi connectivity index (χ1n) is 14.8. The van der Waals surface area contributed by atoms with Crippen LogP contribution in [0.2, 0.25) is 5.02 Å². The molecule has 0 fully saturated rings. The number of nitrogens with zero attached hydrogens (tertiary/aromatic N) is 2. The van der Waals surface area contributed by atoms with Crippen LogP contribution < -0.4 is 19.1 Å². The van der Waals surface area contributed by atoms with Gasteiger partial charge in [0.05, 0.1) is 24.8 Å². The SMILES string of the molecule is COc1ccc(S(=O)(=O)N(CC(=O)N(Cc2ccc(Cl)cc2)[C@@H](Cc2ccccc2)C(=O)NC(C)C)c2ccc(F)cc2)cc1OC. The molecule has 0 aliphatic heterocycles. The molecular formula is C35H37ClFN3O6S.